The molecule has 0 radical (unpaired) electrons. The van der Waals surface area contributed by atoms with E-state index in [2.05, 4.69) is 27.8 Å². The number of nitriles is 1. The van der Waals surface area contributed by atoms with Gasteiger partial charge in [-0.3, -0.25) is 4.57 Å². The predicted octanol–water partition coefficient (Wildman–Crippen LogP) is 5.71. The first kappa shape index (κ1) is 20.8. The number of para-hydroxylation sites is 1. The Morgan fingerprint density at radius 3 is 2.68 bits per heavy atom. The van der Waals surface area contributed by atoms with Crippen LogP contribution in [0.3, 0.4) is 0 Å². The van der Waals surface area contributed by atoms with Gasteiger partial charge >= 0.3 is 0 Å². The quantitative estimate of drug-likeness (QED) is 0.170. The number of hydrogen-bond acceptors (Lipinski definition) is 7. The highest BCUT2D eigenvalue weighted by Gasteiger charge is 2.22. The van der Waals surface area contributed by atoms with E-state index in [0.29, 0.717) is 16.7 Å². The van der Waals surface area contributed by atoms with E-state index in [1.807, 2.05) is 66.1 Å². The fourth-order valence-electron chi connectivity index (χ4n) is 3.08. The van der Waals surface area contributed by atoms with Gasteiger partial charge in [0, 0.05) is 12.1 Å². The second kappa shape index (κ2) is 9.16. The van der Waals surface area contributed by atoms with Crippen LogP contribution in [-0.4, -0.2) is 30.1 Å². The van der Waals surface area contributed by atoms with Crippen LogP contribution in [0.1, 0.15) is 11.9 Å². The van der Waals surface area contributed by atoms with Crippen LogP contribution in [-0.2, 0) is 6.54 Å². The van der Waals surface area contributed by atoms with Gasteiger partial charge in [-0.2, -0.15) is 5.26 Å². The molecule has 8 heteroatoms. The molecule has 0 fully saturated rings. The summed E-state index contributed by atoms with van der Waals surface area (Å²) in [5.41, 5.74) is 1.93. The largest absolute Gasteiger partial charge is 0.510 e. The van der Waals surface area contributed by atoms with Crippen molar-refractivity contribution in [1.82, 2.24) is 19.7 Å². The normalized spacial score (nSPS) is 12.9. The number of fused-ring (bicyclic) bond motifs is 1. The fraction of sp³-hybridized carbons (Fsp3) is 0.130. The van der Waals surface area contributed by atoms with Crippen LogP contribution in [0.4, 0.5) is 0 Å². The van der Waals surface area contributed by atoms with E-state index in [4.69, 9.17) is 0 Å². The van der Waals surface area contributed by atoms with Gasteiger partial charge in [0.2, 0.25) is 0 Å². The maximum Gasteiger partial charge on any atom is 0.192 e. The molecule has 4 aromatic rings. The Balaban J connectivity index is 1.66. The smallest absolute Gasteiger partial charge is 0.192 e. The minimum Gasteiger partial charge on any atom is -0.510 e. The van der Waals surface area contributed by atoms with Crippen molar-refractivity contribution in [2.24, 2.45) is 0 Å². The zero-order chi connectivity index (χ0) is 21.8. The fourth-order valence-corrected chi connectivity index (χ4v) is 4.97. The van der Waals surface area contributed by atoms with Crippen molar-refractivity contribution >= 4 is 38.9 Å². The molecule has 0 spiro atoms. The monoisotopic (exact) mass is 445 g/mol. The van der Waals surface area contributed by atoms with E-state index in [1.165, 1.54) is 23.1 Å². The average molecular weight is 446 g/mol. The van der Waals surface area contributed by atoms with Crippen LogP contribution < -0.4 is 0 Å². The van der Waals surface area contributed by atoms with Crippen LogP contribution in [0.25, 0.3) is 27.2 Å². The highest BCUT2D eigenvalue weighted by Crippen LogP contribution is 2.34. The molecular weight excluding hydrogens is 426 g/mol. The molecule has 0 amide bonds. The molecule has 0 aliphatic rings. The van der Waals surface area contributed by atoms with Gasteiger partial charge in [-0.25, -0.2) is 4.98 Å². The van der Waals surface area contributed by atoms with Gasteiger partial charge < -0.3 is 5.11 Å². The van der Waals surface area contributed by atoms with Crippen LogP contribution in [0.15, 0.2) is 78.2 Å². The van der Waals surface area contributed by atoms with E-state index >= 15 is 0 Å². The Labute approximate surface area is 188 Å². The Morgan fingerprint density at radius 2 is 1.97 bits per heavy atom. The average Bonchev–Trinajstić information content (AvgIpc) is 3.39. The summed E-state index contributed by atoms with van der Waals surface area (Å²) in [5, 5.41) is 30.0. The second-order valence-electron chi connectivity index (χ2n) is 6.69. The molecule has 0 aliphatic heterocycles. The number of hydrogen-bond donors (Lipinski definition) is 1. The lowest BCUT2D eigenvalue weighted by molar-refractivity contribution is 0.402. The van der Waals surface area contributed by atoms with Gasteiger partial charge in [0.25, 0.3) is 0 Å². The number of rotatable bonds is 7. The third kappa shape index (κ3) is 4.24. The summed E-state index contributed by atoms with van der Waals surface area (Å²) in [4.78, 5) is 4.51. The number of benzene rings is 2. The third-order valence-electron chi connectivity index (χ3n) is 4.60. The molecule has 0 bridgehead atoms. The summed E-state index contributed by atoms with van der Waals surface area (Å²) in [5.74, 6) is 0.700. The molecule has 1 atom stereocenters. The van der Waals surface area contributed by atoms with Crippen molar-refractivity contribution in [2.45, 2.75) is 23.9 Å². The van der Waals surface area contributed by atoms with Gasteiger partial charge in [0.1, 0.15) is 22.4 Å². The first-order valence-corrected chi connectivity index (χ1v) is 11.3. The molecule has 2 aromatic carbocycles. The lowest BCUT2D eigenvalue weighted by Gasteiger charge is -2.13. The van der Waals surface area contributed by atoms with Crippen molar-refractivity contribution in [3.8, 4) is 17.5 Å². The summed E-state index contributed by atoms with van der Waals surface area (Å²) in [6.07, 6.45) is 1.78. The first-order valence-electron chi connectivity index (χ1n) is 9.57. The van der Waals surface area contributed by atoms with Crippen LogP contribution in [0, 0.1) is 11.3 Å². The Morgan fingerprint density at radius 1 is 1.23 bits per heavy atom. The Kier molecular flexibility index (Phi) is 6.16. The highest BCUT2D eigenvalue weighted by atomic mass is 32.2. The van der Waals surface area contributed by atoms with E-state index in [9.17, 15) is 10.4 Å². The second-order valence-corrected chi connectivity index (χ2v) is 9.03. The van der Waals surface area contributed by atoms with E-state index in [1.54, 1.807) is 6.08 Å². The molecule has 0 aliphatic carbocycles. The Hall–Kier alpha value is -3.41. The van der Waals surface area contributed by atoms with Crippen molar-refractivity contribution in [3.05, 3.63) is 78.0 Å². The van der Waals surface area contributed by atoms with E-state index < -0.39 is 5.25 Å². The molecule has 154 valence electrons. The Bertz CT molecular complexity index is 1270. The van der Waals surface area contributed by atoms with Crippen molar-refractivity contribution in [3.63, 3.8) is 0 Å². The van der Waals surface area contributed by atoms with Crippen molar-refractivity contribution in [2.75, 3.05) is 0 Å². The predicted molar refractivity (Wildman–Crippen MR) is 126 cm³/mol. The summed E-state index contributed by atoms with van der Waals surface area (Å²) in [6, 6.07) is 19.6. The highest BCUT2D eigenvalue weighted by molar-refractivity contribution is 7.99. The van der Waals surface area contributed by atoms with E-state index in [0.717, 1.165) is 21.6 Å². The van der Waals surface area contributed by atoms with Gasteiger partial charge in [-0.1, -0.05) is 60.3 Å². The lowest BCUT2D eigenvalue weighted by atomic mass is 10.2. The molecule has 1 unspecified atom stereocenters. The number of thioether (sulfide) groups is 1. The third-order valence-corrected chi connectivity index (χ3v) is 6.75. The number of aromatic nitrogens is 4. The van der Waals surface area contributed by atoms with Gasteiger partial charge in [-0.15, -0.1) is 28.1 Å². The van der Waals surface area contributed by atoms with Crippen molar-refractivity contribution in [1.29, 1.82) is 5.26 Å². The van der Waals surface area contributed by atoms with Crippen LogP contribution in [0.2, 0.25) is 0 Å². The lowest BCUT2D eigenvalue weighted by Crippen LogP contribution is -2.07. The minimum absolute atomic E-state index is 0.0269. The summed E-state index contributed by atoms with van der Waals surface area (Å²) < 4.78 is 2.91. The number of aliphatic hydroxyl groups is 1. The molecule has 4 rings (SSSR count). The number of nitrogens with zero attached hydrogens (tertiary/aromatic N) is 5. The maximum absolute atomic E-state index is 10.9. The molecule has 0 saturated heterocycles. The summed E-state index contributed by atoms with van der Waals surface area (Å²) in [7, 11) is 0. The molecule has 31 heavy (non-hydrogen) atoms. The van der Waals surface area contributed by atoms with Gasteiger partial charge in [0.15, 0.2) is 11.0 Å². The summed E-state index contributed by atoms with van der Waals surface area (Å²) >= 11 is 2.73. The number of aliphatic hydroxyl groups excluding tert-OH is 1. The molecule has 2 aromatic heterocycles. The zero-order valence-electron chi connectivity index (χ0n) is 16.8. The minimum atomic E-state index is -0.418. The SMILES string of the molecule is C=CCn1c(SC(C)/C(O)=C(\C#N)c2nc3ccccc3s2)nnc1-c1ccccc1. The molecule has 6 nitrogen and oxygen atoms in total. The topological polar surface area (TPSA) is 87.6 Å². The standard InChI is InChI=1S/C23H19N5OS2/c1-3-13-28-21(16-9-5-4-6-10-16)26-27-23(28)30-15(2)20(29)17(14-24)22-25-18-11-7-8-12-19(18)31-22/h3-12,15,29H,1,13H2,2H3/b20-17-. The van der Waals surface area contributed by atoms with Gasteiger partial charge in [-0.05, 0) is 19.1 Å². The van der Waals surface area contributed by atoms with Gasteiger partial charge in [0.05, 0.1) is 15.5 Å². The first-order chi connectivity index (χ1) is 15.1. The molecule has 0 saturated carbocycles. The summed E-state index contributed by atoms with van der Waals surface area (Å²) in [6.45, 7) is 6.19. The van der Waals surface area contributed by atoms with Crippen molar-refractivity contribution < 1.29 is 5.11 Å². The number of thiazole rings is 1. The molecular formula is C23H19N5OS2. The van der Waals surface area contributed by atoms with Crippen LogP contribution in [0.5, 0.6) is 0 Å². The number of allylic oxidation sites excluding steroid dienone is 2. The molecule has 1 N–H and O–H groups in total. The maximum atomic E-state index is 10.9. The zero-order valence-corrected chi connectivity index (χ0v) is 18.4. The van der Waals surface area contributed by atoms with Crippen LogP contribution >= 0.6 is 23.1 Å². The molecule has 2 heterocycles. The van der Waals surface area contributed by atoms with E-state index in [-0.39, 0.29) is 11.3 Å².